The van der Waals surface area contributed by atoms with E-state index in [-0.39, 0.29) is 24.8 Å². The molecule has 0 amide bonds. The molecule has 0 saturated heterocycles. The van der Waals surface area contributed by atoms with Crippen molar-refractivity contribution in [2.24, 2.45) is 0 Å². The van der Waals surface area contributed by atoms with Crippen molar-refractivity contribution in [2.75, 3.05) is 0 Å². The predicted octanol–water partition coefficient (Wildman–Crippen LogP) is 7.82. The first kappa shape index (κ1) is 28.7. The Kier molecular flexibility index (Phi) is 14.9. The van der Waals surface area contributed by atoms with Gasteiger partial charge in [-0.2, -0.15) is 11.1 Å². The predicted molar refractivity (Wildman–Crippen MR) is 132 cm³/mol. The number of allylic oxidation sites excluding steroid dienone is 8. The van der Waals surface area contributed by atoms with E-state index in [4.69, 9.17) is 0 Å². The molecule has 3 heteroatoms. The molecule has 0 saturated carbocycles. The molecule has 0 nitrogen and oxygen atoms in total. The van der Waals surface area contributed by atoms with E-state index >= 15 is 0 Å². The molecule has 0 atom stereocenters. The molecule has 2 aromatic carbocycles. The Labute approximate surface area is 210 Å². The Bertz CT molecular complexity index is 829. The fourth-order valence-corrected chi connectivity index (χ4v) is 3.70. The first-order chi connectivity index (χ1) is 13.5. The zero-order valence-corrected chi connectivity index (χ0v) is 22.2. The van der Waals surface area contributed by atoms with Crippen molar-refractivity contribution in [2.45, 2.75) is 40.5 Å². The van der Waals surface area contributed by atoms with E-state index in [1.54, 1.807) is 0 Å². The van der Waals surface area contributed by atoms with E-state index < -0.39 is 0 Å². The number of hydrogen-bond donors (Lipinski definition) is 0. The molecule has 4 rings (SSSR count). The van der Waals surface area contributed by atoms with Gasteiger partial charge in [0.2, 0.25) is 0 Å². The summed E-state index contributed by atoms with van der Waals surface area (Å²) in [4.78, 5) is 0. The van der Waals surface area contributed by atoms with Crippen molar-refractivity contribution in [3.63, 3.8) is 0 Å². The second-order valence-corrected chi connectivity index (χ2v) is 8.39. The molecule has 156 valence electrons. The van der Waals surface area contributed by atoms with Gasteiger partial charge in [-0.1, -0.05) is 27.7 Å². The van der Waals surface area contributed by atoms with Gasteiger partial charge < -0.3 is 0 Å². The van der Waals surface area contributed by atoms with Crippen molar-refractivity contribution in [3.8, 4) is 0 Å². The number of benzene rings is 2. The SMILES string of the molecule is CC1=[C-]CC(C)=C1.CC1=[C-]CC(C)=C1.Cl.Cl.[Zr+2]=[C](c1ccccc1)c1ccccc1. The summed E-state index contributed by atoms with van der Waals surface area (Å²) < 4.78 is 1.42. The minimum absolute atomic E-state index is 0. The molecule has 0 aromatic heterocycles. The van der Waals surface area contributed by atoms with Crippen LogP contribution in [-0.4, -0.2) is 3.21 Å². The van der Waals surface area contributed by atoms with E-state index in [0.29, 0.717) is 0 Å². The third kappa shape index (κ3) is 10.7. The van der Waals surface area contributed by atoms with Crippen LogP contribution < -0.4 is 0 Å². The maximum absolute atomic E-state index is 3.19. The van der Waals surface area contributed by atoms with Crippen LogP contribution in [-0.2, 0) is 24.2 Å². The average Bonchev–Trinajstić information content (AvgIpc) is 3.29. The topological polar surface area (TPSA) is 0 Å². The summed E-state index contributed by atoms with van der Waals surface area (Å²) in [6.07, 6.45) is 12.8. The van der Waals surface area contributed by atoms with Crippen LogP contribution in [0.25, 0.3) is 0 Å². The van der Waals surface area contributed by atoms with Crippen LogP contribution in [0.1, 0.15) is 51.7 Å². The van der Waals surface area contributed by atoms with Crippen LogP contribution in [0, 0.1) is 12.2 Å². The van der Waals surface area contributed by atoms with Crippen LogP contribution in [0.4, 0.5) is 0 Å². The number of halogens is 2. The number of rotatable bonds is 2. The summed E-state index contributed by atoms with van der Waals surface area (Å²) in [5, 5.41) is 0. The Morgan fingerprint density at radius 2 is 0.967 bits per heavy atom. The van der Waals surface area contributed by atoms with Gasteiger partial charge in [0.25, 0.3) is 0 Å². The van der Waals surface area contributed by atoms with Crippen molar-refractivity contribution in [1.29, 1.82) is 0 Å². The van der Waals surface area contributed by atoms with Crippen LogP contribution >= 0.6 is 24.8 Å². The molecule has 2 aromatic rings. The third-order valence-corrected chi connectivity index (χ3v) is 5.76. The molecule has 0 heterocycles. The van der Waals surface area contributed by atoms with Crippen LogP contribution in [0.15, 0.2) is 95.1 Å². The summed E-state index contributed by atoms with van der Waals surface area (Å²) in [5.74, 6) is 0. The standard InChI is InChI=1S/C13H10.2C7H9.2ClH.Zr/c1-3-7-12(8-4-1)11-13-9-5-2-6-10-13;2*1-6-3-4-7(2)5-6;;;/h1-10H;2*5H,3H2,1-2H3;2*1H;/q;2*-1;;;+2. The van der Waals surface area contributed by atoms with E-state index in [9.17, 15) is 0 Å². The summed E-state index contributed by atoms with van der Waals surface area (Å²) in [6, 6.07) is 21.1. The molecule has 0 N–H and O–H groups in total. The summed E-state index contributed by atoms with van der Waals surface area (Å²) in [5.41, 5.74) is 8.10. The van der Waals surface area contributed by atoms with E-state index in [0.717, 1.165) is 12.8 Å². The zero-order chi connectivity index (χ0) is 20.4. The van der Waals surface area contributed by atoms with Gasteiger partial charge in [-0.15, -0.1) is 37.7 Å². The van der Waals surface area contributed by atoms with Gasteiger partial charge in [-0.3, -0.25) is 12.2 Å². The second kappa shape index (κ2) is 15.5. The van der Waals surface area contributed by atoms with Gasteiger partial charge in [0.15, 0.2) is 0 Å². The quantitative estimate of drug-likeness (QED) is 0.357. The van der Waals surface area contributed by atoms with Crippen LogP contribution in [0.2, 0.25) is 0 Å². The minimum atomic E-state index is 0. The third-order valence-electron chi connectivity index (χ3n) is 4.34. The first-order valence-electron chi connectivity index (χ1n) is 9.64. The first-order valence-corrected chi connectivity index (χ1v) is 10.9. The van der Waals surface area contributed by atoms with Gasteiger partial charge in [-0.05, 0) is 0 Å². The fourth-order valence-electron chi connectivity index (χ4n) is 2.88. The van der Waals surface area contributed by atoms with Gasteiger partial charge in [-0.25, -0.2) is 23.3 Å². The summed E-state index contributed by atoms with van der Waals surface area (Å²) >= 11 is 1.46. The summed E-state index contributed by atoms with van der Waals surface area (Å²) in [6.45, 7) is 8.42. The number of hydrogen-bond acceptors (Lipinski definition) is 0. The molecular formula is C27H30Cl2Zr. The van der Waals surface area contributed by atoms with Crippen molar-refractivity contribution in [1.82, 2.24) is 0 Å². The average molecular weight is 517 g/mol. The summed E-state index contributed by atoms with van der Waals surface area (Å²) in [7, 11) is 0. The Morgan fingerprint density at radius 3 is 1.17 bits per heavy atom. The molecule has 30 heavy (non-hydrogen) atoms. The maximum atomic E-state index is 3.19. The molecular weight excluding hydrogens is 486 g/mol. The van der Waals surface area contributed by atoms with Crippen LogP contribution in [0.3, 0.4) is 0 Å². The Morgan fingerprint density at radius 1 is 0.633 bits per heavy atom. The van der Waals surface area contributed by atoms with Gasteiger partial charge in [0.1, 0.15) is 0 Å². The zero-order valence-electron chi connectivity index (χ0n) is 18.2. The van der Waals surface area contributed by atoms with E-state index in [1.165, 1.54) is 60.9 Å². The molecule has 0 fully saturated rings. The second-order valence-electron chi connectivity index (χ2n) is 7.16. The van der Waals surface area contributed by atoms with Gasteiger partial charge in [0.05, 0.1) is 0 Å². The van der Waals surface area contributed by atoms with Crippen molar-refractivity contribution >= 4 is 28.0 Å². The Balaban J connectivity index is 0.000000448. The molecule has 0 bridgehead atoms. The molecule has 2 aliphatic carbocycles. The van der Waals surface area contributed by atoms with E-state index in [1.807, 2.05) is 0 Å². The van der Waals surface area contributed by atoms with Crippen molar-refractivity contribution in [3.05, 3.63) is 118 Å². The normalized spacial score (nSPS) is 13.5. The molecule has 0 unspecified atom stereocenters. The van der Waals surface area contributed by atoms with Crippen LogP contribution in [0.5, 0.6) is 0 Å². The van der Waals surface area contributed by atoms with Gasteiger partial charge in [0, 0.05) is 0 Å². The van der Waals surface area contributed by atoms with Crippen molar-refractivity contribution < 1.29 is 24.2 Å². The fraction of sp³-hybridized carbons (Fsp3) is 0.222. The molecule has 0 spiro atoms. The molecule has 0 radical (unpaired) electrons. The Hall–Kier alpha value is -1.27. The van der Waals surface area contributed by atoms with Gasteiger partial charge >= 0.3 is 99.2 Å². The molecule has 0 aliphatic heterocycles. The van der Waals surface area contributed by atoms with E-state index in [2.05, 4.69) is 113 Å². The monoisotopic (exact) mass is 514 g/mol. The molecule has 2 aliphatic rings.